The molecule has 2 heterocycles. The number of aromatic nitrogens is 4. The number of halogens is 3. The van der Waals surface area contributed by atoms with Gasteiger partial charge in [0, 0.05) is 0 Å². The molecule has 0 amide bonds. The summed E-state index contributed by atoms with van der Waals surface area (Å²) in [5.74, 6) is -1.70. The highest BCUT2D eigenvalue weighted by Gasteiger charge is 2.40. The van der Waals surface area contributed by atoms with E-state index in [0.29, 0.717) is 10.9 Å². The van der Waals surface area contributed by atoms with Crippen molar-refractivity contribution in [2.24, 2.45) is 0 Å². The Bertz CT molecular complexity index is 579. The first-order valence-corrected chi connectivity index (χ1v) is 4.55. The number of carboxylic acid groups (broad SMARTS) is 1. The molecular formula is C9H5F3N4O2. The van der Waals surface area contributed by atoms with Gasteiger partial charge < -0.3 is 5.11 Å². The molecule has 2 aromatic rings. The Labute approximate surface area is 97.7 Å². The summed E-state index contributed by atoms with van der Waals surface area (Å²) < 4.78 is 38.9. The summed E-state index contributed by atoms with van der Waals surface area (Å²) >= 11 is 0. The third kappa shape index (κ3) is 2.01. The summed E-state index contributed by atoms with van der Waals surface area (Å²) in [6, 6.07) is 0. The molecule has 0 unspecified atom stereocenters. The minimum atomic E-state index is -4.85. The highest BCUT2D eigenvalue weighted by molar-refractivity contribution is 5.89. The van der Waals surface area contributed by atoms with Gasteiger partial charge in [-0.1, -0.05) is 0 Å². The fourth-order valence-electron chi connectivity index (χ4n) is 1.37. The SMILES string of the molecule is O=C(O)c1cnn(-c2cncnc2)c1C(F)(F)F. The lowest BCUT2D eigenvalue weighted by molar-refractivity contribution is -0.143. The van der Waals surface area contributed by atoms with Crippen molar-refractivity contribution in [1.82, 2.24) is 19.7 Å². The van der Waals surface area contributed by atoms with Gasteiger partial charge >= 0.3 is 12.1 Å². The van der Waals surface area contributed by atoms with Crippen molar-refractivity contribution < 1.29 is 23.1 Å². The molecule has 0 spiro atoms. The van der Waals surface area contributed by atoms with Crippen LogP contribution in [-0.4, -0.2) is 30.8 Å². The molecule has 0 aliphatic rings. The molecule has 0 atom stereocenters. The van der Waals surface area contributed by atoms with Crippen LogP contribution in [0.15, 0.2) is 24.9 Å². The zero-order valence-corrected chi connectivity index (χ0v) is 8.59. The van der Waals surface area contributed by atoms with Crippen LogP contribution in [-0.2, 0) is 6.18 Å². The molecule has 0 aromatic carbocycles. The first-order valence-electron chi connectivity index (χ1n) is 4.55. The molecule has 9 heteroatoms. The second kappa shape index (κ2) is 4.09. The van der Waals surface area contributed by atoms with Crippen molar-refractivity contribution in [3.8, 4) is 5.69 Å². The Morgan fingerprint density at radius 1 is 1.22 bits per heavy atom. The van der Waals surface area contributed by atoms with Gasteiger partial charge in [0.1, 0.15) is 17.6 Å². The molecular weight excluding hydrogens is 253 g/mol. The maximum absolute atomic E-state index is 12.8. The van der Waals surface area contributed by atoms with Crippen LogP contribution in [0.2, 0.25) is 0 Å². The molecule has 1 N–H and O–H groups in total. The van der Waals surface area contributed by atoms with Crippen LogP contribution in [0.3, 0.4) is 0 Å². The summed E-state index contributed by atoms with van der Waals surface area (Å²) in [5, 5.41) is 12.1. The van der Waals surface area contributed by atoms with Gasteiger partial charge in [-0.15, -0.1) is 0 Å². The number of carbonyl (C=O) groups is 1. The molecule has 94 valence electrons. The molecule has 0 aliphatic carbocycles. The maximum Gasteiger partial charge on any atom is 0.434 e. The van der Waals surface area contributed by atoms with E-state index in [4.69, 9.17) is 5.11 Å². The normalized spacial score (nSPS) is 11.5. The molecule has 6 nitrogen and oxygen atoms in total. The fourth-order valence-corrected chi connectivity index (χ4v) is 1.37. The van der Waals surface area contributed by atoms with Crippen molar-refractivity contribution in [3.05, 3.63) is 36.2 Å². The lowest BCUT2D eigenvalue weighted by atomic mass is 10.2. The minimum absolute atomic E-state index is 0.0719. The average molecular weight is 258 g/mol. The van der Waals surface area contributed by atoms with E-state index < -0.39 is 23.4 Å². The quantitative estimate of drug-likeness (QED) is 0.880. The number of hydrogen-bond acceptors (Lipinski definition) is 4. The third-order valence-electron chi connectivity index (χ3n) is 2.06. The summed E-state index contributed by atoms with van der Waals surface area (Å²) in [4.78, 5) is 17.8. The predicted molar refractivity (Wildman–Crippen MR) is 51.1 cm³/mol. The Kier molecular flexibility index (Phi) is 2.73. The van der Waals surface area contributed by atoms with Crippen LogP contribution >= 0.6 is 0 Å². The van der Waals surface area contributed by atoms with Gasteiger partial charge in [-0.2, -0.15) is 18.3 Å². The number of nitrogens with zero attached hydrogens (tertiary/aromatic N) is 4. The highest BCUT2D eigenvalue weighted by Crippen LogP contribution is 2.33. The van der Waals surface area contributed by atoms with Gasteiger partial charge in [0.15, 0.2) is 5.69 Å². The number of carboxylic acids is 1. The molecule has 2 rings (SSSR count). The lowest BCUT2D eigenvalue weighted by Gasteiger charge is -2.10. The summed E-state index contributed by atoms with van der Waals surface area (Å²) in [5.41, 5.74) is -2.37. The molecule has 2 aromatic heterocycles. The highest BCUT2D eigenvalue weighted by atomic mass is 19.4. The van der Waals surface area contributed by atoms with E-state index in [-0.39, 0.29) is 5.69 Å². The van der Waals surface area contributed by atoms with Crippen LogP contribution in [0.25, 0.3) is 5.69 Å². The second-order valence-corrected chi connectivity index (χ2v) is 3.22. The zero-order chi connectivity index (χ0) is 13.3. The van der Waals surface area contributed by atoms with Crippen molar-refractivity contribution >= 4 is 5.97 Å². The van der Waals surface area contributed by atoms with Crippen LogP contribution < -0.4 is 0 Å². The Balaban J connectivity index is 2.67. The van der Waals surface area contributed by atoms with Gasteiger partial charge in [0.05, 0.1) is 18.6 Å². The van der Waals surface area contributed by atoms with E-state index in [1.54, 1.807) is 0 Å². The van der Waals surface area contributed by atoms with E-state index in [9.17, 15) is 18.0 Å². The van der Waals surface area contributed by atoms with Gasteiger partial charge in [-0.05, 0) is 0 Å². The second-order valence-electron chi connectivity index (χ2n) is 3.22. The van der Waals surface area contributed by atoms with E-state index in [1.807, 2.05) is 0 Å². The average Bonchev–Trinajstić information content (AvgIpc) is 2.74. The molecule has 18 heavy (non-hydrogen) atoms. The van der Waals surface area contributed by atoms with Gasteiger partial charge in [0.25, 0.3) is 0 Å². The number of hydrogen-bond donors (Lipinski definition) is 1. The van der Waals surface area contributed by atoms with Crippen molar-refractivity contribution in [1.29, 1.82) is 0 Å². The standard InChI is InChI=1S/C9H5F3N4O2/c10-9(11,12)7-6(8(17)18)3-15-16(7)5-1-13-4-14-2-5/h1-4H,(H,17,18). The fraction of sp³-hybridized carbons (Fsp3) is 0.111. The number of rotatable bonds is 2. The van der Waals surface area contributed by atoms with Crippen LogP contribution in [0.5, 0.6) is 0 Å². The van der Waals surface area contributed by atoms with E-state index in [0.717, 1.165) is 18.7 Å². The van der Waals surface area contributed by atoms with Crippen molar-refractivity contribution in [3.63, 3.8) is 0 Å². The summed E-state index contributed by atoms with van der Waals surface area (Å²) in [7, 11) is 0. The van der Waals surface area contributed by atoms with Crippen LogP contribution in [0, 0.1) is 0 Å². The molecule has 0 saturated heterocycles. The summed E-state index contributed by atoms with van der Waals surface area (Å²) in [6.45, 7) is 0. The van der Waals surface area contributed by atoms with E-state index >= 15 is 0 Å². The summed E-state index contributed by atoms with van der Waals surface area (Å²) in [6.07, 6.45) is -0.877. The van der Waals surface area contributed by atoms with E-state index in [1.165, 1.54) is 0 Å². The number of alkyl halides is 3. The molecule has 0 saturated carbocycles. The Morgan fingerprint density at radius 3 is 2.33 bits per heavy atom. The monoisotopic (exact) mass is 258 g/mol. The third-order valence-corrected chi connectivity index (χ3v) is 2.06. The van der Waals surface area contributed by atoms with Gasteiger partial charge in [-0.25, -0.2) is 19.4 Å². The van der Waals surface area contributed by atoms with Crippen LogP contribution in [0.1, 0.15) is 16.1 Å². The Morgan fingerprint density at radius 2 is 1.83 bits per heavy atom. The van der Waals surface area contributed by atoms with Gasteiger partial charge in [0.2, 0.25) is 0 Å². The van der Waals surface area contributed by atoms with Crippen LogP contribution in [0.4, 0.5) is 13.2 Å². The largest absolute Gasteiger partial charge is 0.478 e. The smallest absolute Gasteiger partial charge is 0.434 e. The molecule has 0 bridgehead atoms. The van der Waals surface area contributed by atoms with Gasteiger partial charge in [-0.3, -0.25) is 0 Å². The van der Waals surface area contributed by atoms with E-state index in [2.05, 4.69) is 15.1 Å². The first-order chi connectivity index (χ1) is 8.41. The lowest BCUT2D eigenvalue weighted by Crippen LogP contribution is -2.17. The number of aromatic carboxylic acids is 1. The predicted octanol–water partition coefficient (Wildman–Crippen LogP) is 1.38. The molecule has 0 fully saturated rings. The topological polar surface area (TPSA) is 80.9 Å². The van der Waals surface area contributed by atoms with Crippen molar-refractivity contribution in [2.75, 3.05) is 0 Å². The molecule has 0 radical (unpaired) electrons. The maximum atomic E-state index is 12.8. The minimum Gasteiger partial charge on any atom is -0.478 e. The van der Waals surface area contributed by atoms with Crippen molar-refractivity contribution in [2.45, 2.75) is 6.18 Å². The first kappa shape index (κ1) is 12.0. The molecule has 0 aliphatic heterocycles. The Hall–Kier alpha value is -2.45. The zero-order valence-electron chi connectivity index (χ0n) is 8.59.